The van der Waals surface area contributed by atoms with Crippen LogP contribution in [0, 0.1) is 5.92 Å². The molecule has 5 N–H and O–H groups in total. The number of hydrogen-bond donors (Lipinski definition) is 3. The number of nitrogens with two attached hydrogens (primary N) is 2. The third-order valence-corrected chi connectivity index (χ3v) is 4.28. The van der Waals surface area contributed by atoms with Crippen molar-refractivity contribution in [1.29, 1.82) is 0 Å². The zero-order chi connectivity index (χ0) is 20.0. The Morgan fingerprint density at radius 3 is 2.33 bits per heavy atom. The summed E-state index contributed by atoms with van der Waals surface area (Å²) in [6, 6.07) is 4.03. The number of anilines is 1. The standard InChI is InChI=1S/C18H24N4O5/c1-2-27-18(26)11-4-3-5-22(9-11)10-15(23)21-14-7-12(16(19)24)6-13(8-14)17(20)25/h6-8,11H,2-5,9-10H2,1H3,(H2,19,24)(H2,20,25)(H,21,23). The van der Waals surface area contributed by atoms with Gasteiger partial charge >= 0.3 is 5.97 Å². The highest BCUT2D eigenvalue weighted by Gasteiger charge is 2.27. The average Bonchev–Trinajstić information content (AvgIpc) is 2.61. The molecule has 146 valence electrons. The fraction of sp³-hybridized carbons (Fsp3) is 0.444. The molecule has 1 saturated heterocycles. The van der Waals surface area contributed by atoms with Gasteiger partial charge in [0.1, 0.15) is 0 Å². The van der Waals surface area contributed by atoms with Gasteiger partial charge in [-0.15, -0.1) is 0 Å². The van der Waals surface area contributed by atoms with E-state index in [0.29, 0.717) is 19.7 Å². The number of amides is 3. The van der Waals surface area contributed by atoms with E-state index in [0.717, 1.165) is 12.8 Å². The minimum atomic E-state index is -0.734. The Labute approximate surface area is 157 Å². The van der Waals surface area contributed by atoms with Crippen LogP contribution in [0.3, 0.4) is 0 Å². The molecule has 1 fully saturated rings. The zero-order valence-electron chi connectivity index (χ0n) is 15.2. The lowest BCUT2D eigenvalue weighted by Crippen LogP contribution is -2.43. The van der Waals surface area contributed by atoms with Gasteiger partial charge in [-0.2, -0.15) is 0 Å². The molecule has 1 aromatic rings. The fourth-order valence-corrected chi connectivity index (χ4v) is 3.04. The van der Waals surface area contributed by atoms with E-state index in [2.05, 4.69) is 5.32 Å². The van der Waals surface area contributed by atoms with E-state index in [9.17, 15) is 19.2 Å². The fourth-order valence-electron chi connectivity index (χ4n) is 3.04. The smallest absolute Gasteiger partial charge is 0.310 e. The van der Waals surface area contributed by atoms with E-state index in [-0.39, 0.29) is 41.2 Å². The Balaban J connectivity index is 2.02. The van der Waals surface area contributed by atoms with Crippen molar-refractivity contribution in [3.63, 3.8) is 0 Å². The molecule has 1 atom stereocenters. The van der Waals surface area contributed by atoms with Gasteiger partial charge in [0.15, 0.2) is 0 Å². The van der Waals surface area contributed by atoms with Gasteiger partial charge in [-0.25, -0.2) is 0 Å². The molecule has 1 aromatic carbocycles. The maximum Gasteiger partial charge on any atom is 0.310 e. The van der Waals surface area contributed by atoms with Gasteiger partial charge in [-0.05, 0) is 44.5 Å². The molecule has 0 bridgehead atoms. The van der Waals surface area contributed by atoms with Crippen molar-refractivity contribution < 1.29 is 23.9 Å². The zero-order valence-corrected chi connectivity index (χ0v) is 15.2. The van der Waals surface area contributed by atoms with Gasteiger partial charge in [0.2, 0.25) is 17.7 Å². The van der Waals surface area contributed by atoms with Gasteiger partial charge in [0.25, 0.3) is 0 Å². The molecule has 0 aromatic heterocycles. The summed E-state index contributed by atoms with van der Waals surface area (Å²) >= 11 is 0. The van der Waals surface area contributed by atoms with E-state index in [1.807, 2.05) is 4.90 Å². The predicted octanol–water partition coefficient (Wildman–Crippen LogP) is 0.0980. The Bertz CT molecular complexity index is 717. The number of nitrogens with one attached hydrogen (secondary N) is 1. The normalized spacial score (nSPS) is 17.1. The number of ether oxygens (including phenoxy) is 1. The van der Waals surface area contributed by atoms with Crippen molar-refractivity contribution in [3.05, 3.63) is 29.3 Å². The molecule has 0 saturated carbocycles. The molecule has 1 heterocycles. The topological polar surface area (TPSA) is 145 Å². The number of carbonyl (C=O) groups excluding carboxylic acids is 4. The Kier molecular flexibility index (Phi) is 6.89. The minimum absolute atomic E-state index is 0.0712. The van der Waals surface area contributed by atoms with Crippen LogP contribution in [0.1, 0.15) is 40.5 Å². The first-order valence-corrected chi connectivity index (χ1v) is 8.73. The van der Waals surface area contributed by atoms with Crippen LogP contribution in [-0.2, 0) is 14.3 Å². The number of nitrogens with zero attached hydrogens (tertiary/aromatic N) is 1. The molecule has 1 unspecified atom stereocenters. The number of likely N-dealkylation sites (tertiary alicyclic amines) is 1. The maximum absolute atomic E-state index is 12.3. The maximum atomic E-state index is 12.3. The van der Waals surface area contributed by atoms with E-state index in [1.54, 1.807) is 6.92 Å². The van der Waals surface area contributed by atoms with Crippen molar-refractivity contribution in [2.75, 3.05) is 31.6 Å². The number of piperidine rings is 1. The van der Waals surface area contributed by atoms with Crippen LogP contribution in [0.4, 0.5) is 5.69 Å². The van der Waals surface area contributed by atoms with E-state index in [1.165, 1.54) is 18.2 Å². The van der Waals surface area contributed by atoms with Crippen LogP contribution in [0.5, 0.6) is 0 Å². The lowest BCUT2D eigenvalue weighted by molar-refractivity contribution is -0.150. The lowest BCUT2D eigenvalue weighted by atomic mass is 9.98. The van der Waals surface area contributed by atoms with Crippen LogP contribution < -0.4 is 16.8 Å². The Hall–Kier alpha value is -2.94. The average molecular weight is 376 g/mol. The summed E-state index contributed by atoms with van der Waals surface area (Å²) in [7, 11) is 0. The summed E-state index contributed by atoms with van der Waals surface area (Å²) in [6.45, 7) is 3.29. The first-order chi connectivity index (χ1) is 12.8. The molecule has 9 nitrogen and oxygen atoms in total. The second kappa shape index (κ2) is 9.13. The van der Waals surface area contributed by atoms with Gasteiger partial charge in [-0.1, -0.05) is 0 Å². The largest absolute Gasteiger partial charge is 0.466 e. The highest BCUT2D eigenvalue weighted by Crippen LogP contribution is 2.19. The highest BCUT2D eigenvalue weighted by atomic mass is 16.5. The van der Waals surface area contributed by atoms with Crippen molar-refractivity contribution >= 4 is 29.4 Å². The summed E-state index contributed by atoms with van der Waals surface area (Å²) in [4.78, 5) is 48.9. The quantitative estimate of drug-likeness (QED) is 0.575. The third-order valence-electron chi connectivity index (χ3n) is 4.28. The van der Waals surface area contributed by atoms with Gasteiger partial charge in [0, 0.05) is 23.4 Å². The van der Waals surface area contributed by atoms with E-state index < -0.39 is 11.8 Å². The molecular weight excluding hydrogens is 352 g/mol. The second-order valence-electron chi connectivity index (χ2n) is 6.40. The summed E-state index contributed by atoms with van der Waals surface area (Å²) in [5.74, 6) is -2.30. The van der Waals surface area contributed by atoms with Gasteiger partial charge in [-0.3, -0.25) is 24.1 Å². The SMILES string of the molecule is CCOC(=O)C1CCCN(CC(=O)Nc2cc(C(N)=O)cc(C(N)=O)c2)C1. The monoisotopic (exact) mass is 376 g/mol. The molecule has 9 heteroatoms. The third kappa shape index (κ3) is 5.78. The van der Waals surface area contributed by atoms with Gasteiger partial charge in [0.05, 0.1) is 19.1 Å². The highest BCUT2D eigenvalue weighted by molar-refractivity contribution is 6.02. The molecule has 1 aliphatic heterocycles. The molecule has 2 rings (SSSR count). The van der Waals surface area contributed by atoms with Crippen molar-refractivity contribution in [3.8, 4) is 0 Å². The summed E-state index contributed by atoms with van der Waals surface area (Å²) in [5.41, 5.74) is 10.9. The lowest BCUT2D eigenvalue weighted by Gasteiger charge is -2.30. The van der Waals surface area contributed by atoms with E-state index >= 15 is 0 Å². The first-order valence-electron chi connectivity index (χ1n) is 8.73. The number of esters is 1. The summed E-state index contributed by atoms with van der Waals surface area (Å²) in [5, 5.41) is 2.64. The summed E-state index contributed by atoms with van der Waals surface area (Å²) in [6.07, 6.45) is 1.53. The molecule has 3 amide bonds. The van der Waals surface area contributed by atoms with Crippen molar-refractivity contribution in [2.24, 2.45) is 17.4 Å². The van der Waals surface area contributed by atoms with Crippen LogP contribution in [0.15, 0.2) is 18.2 Å². The summed E-state index contributed by atoms with van der Waals surface area (Å²) < 4.78 is 5.05. The molecule has 1 aliphatic rings. The molecule has 27 heavy (non-hydrogen) atoms. The van der Waals surface area contributed by atoms with Crippen LogP contribution in [0.25, 0.3) is 0 Å². The number of benzene rings is 1. The van der Waals surface area contributed by atoms with E-state index in [4.69, 9.17) is 16.2 Å². The Morgan fingerprint density at radius 1 is 1.15 bits per heavy atom. The van der Waals surface area contributed by atoms with Crippen molar-refractivity contribution in [2.45, 2.75) is 19.8 Å². The predicted molar refractivity (Wildman–Crippen MR) is 97.9 cm³/mol. The molecule has 0 spiro atoms. The molecule has 0 radical (unpaired) electrons. The Morgan fingerprint density at radius 2 is 1.78 bits per heavy atom. The minimum Gasteiger partial charge on any atom is -0.466 e. The van der Waals surface area contributed by atoms with Crippen molar-refractivity contribution in [1.82, 2.24) is 4.90 Å². The number of rotatable bonds is 7. The van der Waals surface area contributed by atoms with Gasteiger partial charge < -0.3 is 21.5 Å². The first kappa shape index (κ1) is 20.4. The van der Waals surface area contributed by atoms with Crippen LogP contribution >= 0.6 is 0 Å². The number of hydrogen-bond acceptors (Lipinski definition) is 6. The van der Waals surface area contributed by atoms with Crippen LogP contribution in [-0.4, -0.2) is 54.8 Å². The van der Waals surface area contributed by atoms with Crippen LogP contribution in [0.2, 0.25) is 0 Å². The number of carbonyl (C=O) groups is 4. The number of primary amides is 2. The molecular formula is C18H24N4O5. The molecule has 0 aliphatic carbocycles. The second-order valence-corrected chi connectivity index (χ2v) is 6.40.